The van der Waals surface area contributed by atoms with E-state index in [0.717, 1.165) is 40.9 Å². The first kappa shape index (κ1) is 14.3. The van der Waals surface area contributed by atoms with Crippen LogP contribution in [0.3, 0.4) is 0 Å². The summed E-state index contributed by atoms with van der Waals surface area (Å²) in [6.07, 6.45) is 3.80. The van der Waals surface area contributed by atoms with Gasteiger partial charge in [0, 0.05) is 18.0 Å². The average molecular weight is 274 g/mol. The number of piperidine rings is 1. The van der Waals surface area contributed by atoms with Crippen LogP contribution < -0.4 is 4.90 Å². The lowest BCUT2D eigenvalue weighted by molar-refractivity contribution is 0.395. The molecule has 1 aliphatic rings. The molecule has 1 saturated heterocycles. The van der Waals surface area contributed by atoms with Gasteiger partial charge in [-0.15, -0.1) is 11.8 Å². The summed E-state index contributed by atoms with van der Waals surface area (Å²) >= 11 is 1.76. The maximum atomic E-state index is 9.46. The van der Waals surface area contributed by atoms with E-state index in [0.29, 0.717) is 0 Å². The predicted octanol–water partition coefficient (Wildman–Crippen LogP) is 4.30. The van der Waals surface area contributed by atoms with Gasteiger partial charge in [0.2, 0.25) is 0 Å². The van der Waals surface area contributed by atoms with E-state index in [1.165, 1.54) is 19.3 Å². The zero-order valence-electron chi connectivity index (χ0n) is 11.9. The van der Waals surface area contributed by atoms with E-state index in [-0.39, 0.29) is 0 Å². The fourth-order valence-electron chi connectivity index (χ4n) is 2.75. The SMILES string of the molecule is CCSc1cccc(N2CCC(CC)CC2)c1C#N. The fourth-order valence-corrected chi connectivity index (χ4v) is 3.53. The molecule has 0 bridgehead atoms. The summed E-state index contributed by atoms with van der Waals surface area (Å²) in [5, 5.41) is 9.46. The molecule has 1 fully saturated rings. The molecule has 1 aliphatic heterocycles. The summed E-state index contributed by atoms with van der Waals surface area (Å²) in [6, 6.07) is 8.66. The first-order valence-electron chi connectivity index (χ1n) is 7.21. The lowest BCUT2D eigenvalue weighted by Crippen LogP contribution is -2.34. The summed E-state index contributed by atoms with van der Waals surface area (Å²) in [5.41, 5.74) is 2.00. The Morgan fingerprint density at radius 3 is 2.63 bits per heavy atom. The van der Waals surface area contributed by atoms with Crippen LogP contribution in [0.1, 0.15) is 38.7 Å². The predicted molar refractivity (Wildman–Crippen MR) is 82.8 cm³/mol. The minimum atomic E-state index is 0.865. The second kappa shape index (κ2) is 6.86. The van der Waals surface area contributed by atoms with Crippen molar-refractivity contribution in [3.8, 4) is 6.07 Å². The highest BCUT2D eigenvalue weighted by atomic mass is 32.2. The Labute approximate surface area is 120 Å². The van der Waals surface area contributed by atoms with Crippen molar-refractivity contribution in [1.29, 1.82) is 5.26 Å². The number of thioether (sulfide) groups is 1. The summed E-state index contributed by atoms with van der Waals surface area (Å²) in [6.45, 7) is 6.59. The molecule has 102 valence electrons. The van der Waals surface area contributed by atoms with E-state index in [1.807, 2.05) is 0 Å². The van der Waals surface area contributed by atoms with Crippen molar-refractivity contribution in [3.63, 3.8) is 0 Å². The standard InChI is InChI=1S/C16H22N2S/c1-3-13-8-10-18(11-9-13)15-6-5-7-16(19-4-2)14(15)12-17/h5-7,13H,3-4,8-11H2,1-2H3. The van der Waals surface area contributed by atoms with Gasteiger partial charge in [0.25, 0.3) is 0 Å². The minimum absolute atomic E-state index is 0.865. The summed E-state index contributed by atoms with van der Waals surface area (Å²) in [5.74, 6) is 1.88. The molecule has 0 aliphatic carbocycles. The van der Waals surface area contributed by atoms with E-state index < -0.39 is 0 Å². The van der Waals surface area contributed by atoms with E-state index >= 15 is 0 Å². The van der Waals surface area contributed by atoms with Gasteiger partial charge >= 0.3 is 0 Å². The summed E-state index contributed by atoms with van der Waals surface area (Å²) in [4.78, 5) is 3.52. The molecule has 0 saturated carbocycles. The van der Waals surface area contributed by atoms with Crippen molar-refractivity contribution in [2.45, 2.75) is 38.0 Å². The zero-order chi connectivity index (χ0) is 13.7. The van der Waals surface area contributed by atoms with Gasteiger partial charge in [-0.2, -0.15) is 5.26 Å². The highest BCUT2D eigenvalue weighted by molar-refractivity contribution is 7.99. The lowest BCUT2D eigenvalue weighted by Gasteiger charge is -2.34. The molecule has 3 heteroatoms. The first-order chi connectivity index (χ1) is 9.30. The van der Waals surface area contributed by atoms with E-state index in [1.54, 1.807) is 11.8 Å². The second-order valence-electron chi connectivity index (χ2n) is 5.03. The molecule has 0 spiro atoms. The topological polar surface area (TPSA) is 27.0 Å². The maximum absolute atomic E-state index is 9.46. The molecule has 1 aromatic rings. The van der Waals surface area contributed by atoms with Crippen LogP contribution in [0.5, 0.6) is 0 Å². The summed E-state index contributed by atoms with van der Waals surface area (Å²) < 4.78 is 0. The summed E-state index contributed by atoms with van der Waals surface area (Å²) in [7, 11) is 0. The van der Waals surface area contributed by atoms with Crippen LogP contribution in [0.2, 0.25) is 0 Å². The molecule has 0 atom stereocenters. The van der Waals surface area contributed by atoms with Crippen molar-refractivity contribution in [2.24, 2.45) is 5.92 Å². The average Bonchev–Trinajstić information content (AvgIpc) is 2.47. The zero-order valence-corrected chi connectivity index (χ0v) is 12.7. The normalized spacial score (nSPS) is 16.4. The van der Waals surface area contributed by atoms with Gasteiger partial charge in [-0.05, 0) is 36.6 Å². The van der Waals surface area contributed by atoms with E-state index in [2.05, 4.69) is 43.0 Å². The molecule has 0 N–H and O–H groups in total. The largest absolute Gasteiger partial charge is 0.370 e. The highest BCUT2D eigenvalue weighted by Crippen LogP contribution is 2.32. The Hall–Kier alpha value is -1.14. The number of rotatable bonds is 4. The fraction of sp³-hybridized carbons (Fsp3) is 0.562. The Morgan fingerprint density at radius 2 is 2.05 bits per heavy atom. The van der Waals surface area contributed by atoms with Gasteiger partial charge in [-0.3, -0.25) is 0 Å². The molecule has 0 radical (unpaired) electrons. The van der Waals surface area contributed by atoms with Crippen LogP contribution in [0.4, 0.5) is 5.69 Å². The van der Waals surface area contributed by atoms with Crippen LogP contribution in [0.25, 0.3) is 0 Å². The number of nitriles is 1. The lowest BCUT2D eigenvalue weighted by atomic mass is 9.94. The van der Waals surface area contributed by atoms with Crippen molar-refractivity contribution < 1.29 is 0 Å². The quantitative estimate of drug-likeness (QED) is 0.766. The number of anilines is 1. The Kier molecular flexibility index (Phi) is 5.15. The van der Waals surface area contributed by atoms with Gasteiger partial charge in [-0.25, -0.2) is 0 Å². The Balaban J connectivity index is 2.21. The Bertz CT molecular complexity index is 456. The van der Waals surface area contributed by atoms with Crippen molar-refractivity contribution in [3.05, 3.63) is 23.8 Å². The van der Waals surface area contributed by atoms with Crippen LogP contribution in [0, 0.1) is 17.2 Å². The van der Waals surface area contributed by atoms with Crippen LogP contribution >= 0.6 is 11.8 Å². The van der Waals surface area contributed by atoms with Gasteiger partial charge < -0.3 is 4.90 Å². The van der Waals surface area contributed by atoms with Crippen LogP contribution in [-0.2, 0) is 0 Å². The van der Waals surface area contributed by atoms with Crippen molar-refractivity contribution in [2.75, 3.05) is 23.7 Å². The third kappa shape index (κ3) is 3.25. The molecular formula is C16H22N2S. The van der Waals surface area contributed by atoms with Gasteiger partial charge in [0.1, 0.15) is 6.07 Å². The van der Waals surface area contributed by atoms with Crippen molar-refractivity contribution in [1.82, 2.24) is 0 Å². The number of benzene rings is 1. The molecule has 1 heterocycles. The monoisotopic (exact) mass is 274 g/mol. The van der Waals surface area contributed by atoms with Crippen molar-refractivity contribution >= 4 is 17.4 Å². The smallest absolute Gasteiger partial charge is 0.103 e. The molecule has 1 aromatic carbocycles. The molecule has 0 amide bonds. The molecule has 0 unspecified atom stereocenters. The van der Waals surface area contributed by atoms with Gasteiger partial charge in [0.05, 0.1) is 11.3 Å². The molecule has 0 aromatic heterocycles. The maximum Gasteiger partial charge on any atom is 0.103 e. The third-order valence-electron chi connectivity index (χ3n) is 3.95. The third-order valence-corrected chi connectivity index (χ3v) is 4.89. The molecule has 2 nitrogen and oxygen atoms in total. The number of hydrogen-bond acceptors (Lipinski definition) is 3. The van der Waals surface area contributed by atoms with Gasteiger partial charge in [-0.1, -0.05) is 26.3 Å². The van der Waals surface area contributed by atoms with E-state index in [9.17, 15) is 5.26 Å². The number of hydrogen-bond donors (Lipinski definition) is 0. The second-order valence-corrected chi connectivity index (χ2v) is 6.34. The Morgan fingerprint density at radius 1 is 1.32 bits per heavy atom. The minimum Gasteiger partial charge on any atom is -0.370 e. The number of nitrogens with zero attached hydrogens (tertiary/aromatic N) is 2. The molecule has 19 heavy (non-hydrogen) atoms. The molecular weight excluding hydrogens is 252 g/mol. The molecule has 2 rings (SSSR count). The first-order valence-corrected chi connectivity index (χ1v) is 8.19. The van der Waals surface area contributed by atoms with Crippen LogP contribution in [0.15, 0.2) is 23.1 Å². The van der Waals surface area contributed by atoms with Gasteiger partial charge in [0.15, 0.2) is 0 Å². The highest BCUT2D eigenvalue weighted by Gasteiger charge is 2.21. The van der Waals surface area contributed by atoms with E-state index in [4.69, 9.17) is 0 Å². The van der Waals surface area contributed by atoms with Crippen LogP contribution in [-0.4, -0.2) is 18.8 Å².